The van der Waals surface area contributed by atoms with Gasteiger partial charge in [-0.2, -0.15) is 0 Å². The molecular weight excluding hydrogens is 505 g/mol. The highest BCUT2D eigenvalue weighted by Crippen LogP contribution is 2.41. The zero-order chi connectivity index (χ0) is 28.5. The van der Waals surface area contributed by atoms with Crippen LogP contribution in [0.15, 0.2) is 99.8 Å². The Hall–Kier alpha value is -4.56. The second kappa shape index (κ2) is 13.5. The number of amides is 1. The molecule has 1 saturated carbocycles. The molecule has 0 radical (unpaired) electrons. The minimum Gasteiger partial charge on any atom is -0.392 e. The summed E-state index contributed by atoms with van der Waals surface area (Å²) in [4.78, 5) is 21.5. The van der Waals surface area contributed by atoms with Gasteiger partial charge in [0.15, 0.2) is 0 Å². The SMILES string of the molecule is C=NC(=C\C(N)=N/CNc1ccc(CC)cc1)/C1=C/C=C\C=C/c2cc(C3CC3)cc(F)c2C(=O)N\C=C\1CO. The van der Waals surface area contributed by atoms with Gasteiger partial charge in [0.25, 0.3) is 5.91 Å². The van der Waals surface area contributed by atoms with Gasteiger partial charge in [-0.3, -0.25) is 9.79 Å². The average Bonchev–Trinajstić information content (AvgIpc) is 3.80. The topological polar surface area (TPSA) is 112 Å². The van der Waals surface area contributed by atoms with Crippen molar-refractivity contribution in [1.82, 2.24) is 5.32 Å². The molecule has 40 heavy (non-hydrogen) atoms. The monoisotopic (exact) mass is 539 g/mol. The highest BCUT2D eigenvalue weighted by Gasteiger charge is 2.26. The van der Waals surface area contributed by atoms with Crippen LogP contribution in [0.5, 0.6) is 0 Å². The molecule has 1 heterocycles. The zero-order valence-corrected chi connectivity index (χ0v) is 22.5. The molecule has 2 aliphatic rings. The predicted molar refractivity (Wildman–Crippen MR) is 161 cm³/mol. The third-order valence-electron chi connectivity index (χ3n) is 6.71. The van der Waals surface area contributed by atoms with Crippen molar-refractivity contribution in [3.63, 3.8) is 0 Å². The number of nitrogens with one attached hydrogen (secondary N) is 2. The van der Waals surface area contributed by atoms with Crippen LogP contribution in [0, 0.1) is 5.82 Å². The number of carbonyl (C=O) groups is 1. The highest BCUT2D eigenvalue weighted by molar-refractivity contribution is 5.99. The summed E-state index contributed by atoms with van der Waals surface area (Å²) in [5.74, 6) is -0.662. The lowest BCUT2D eigenvalue weighted by Crippen LogP contribution is -2.22. The van der Waals surface area contributed by atoms with Crippen LogP contribution in [0.2, 0.25) is 0 Å². The van der Waals surface area contributed by atoms with Gasteiger partial charge in [0.2, 0.25) is 0 Å². The summed E-state index contributed by atoms with van der Waals surface area (Å²) in [7, 11) is 0. The van der Waals surface area contributed by atoms with E-state index >= 15 is 4.39 Å². The Morgan fingerprint density at radius 3 is 2.67 bits per heavy atom. The summed E-state index contributed by atoms with van der Waals surface area (Å²) in [6.45, 7) is 5.57. The number of nitrogens with zero attached hydrogens (tertiary/aromatic N) is 2. The fraction of sp³-hybridized carbons (Fsp3) is 0.219. The molecule has 0 saturated heterocycles. The summed E-state index contributed by atoms with van der Waals surface area (Å²) < 4.78 is 15.1. The van der Waals surface area contributed by atoms with Crippen molar-refractivity contribution in [2.24, 2.45) is 15.7 Å². The van der Waals surface area contributed by atoms with Crippen LogP contribution >= 0.6 is 0 Å². The molecule has 8 heteroatoms. The quantitative estimate of drug-likeness (QED) is 0.253. The van der Waals surface area contributed by atoms with E-state index in [0.717, 1.165) is 30.5 Å². The Bertz CT molecular complexity index is 1440. The number of aliphatic hydroxyl groups excluding tert-OH is 1. The lowest BCUT2D eigenvalue weighted by atomic mass is 9.98. The number of nitrogens with two attached hydrogens (primary N) is 1. The van der Waals surface area contributed by atoms with Gasteiger partial charge in [0.1, 0.15) is 18.3 Å². The Morgan fingerprint density at radius 2 is 2.00 bits per heavy atom. The minimum atomic E-state index is -0.620. The first-order valence-electron chi connectivity index (χ1n) is 13.2. The van der Waals surface area contributed by atoms with E-state index < -0.39 is 18.3 Å². The number of carbonyl (C=O) groups excluding carboxylic acids is 1. The van der Waals surface area contributed by atoms with Crippen molar-refractivity contribution in [3.05, 3.63) is 118 Å². The Kier molecular flexibility index (Phi) is 9.59. The number of allylic oxidation sites excluding steroid dienone is 5. The molecule has 1 aliphatic heterocycles. The number of aliphatic hydroxyl groups is 1. The standard InChI is InChI=1S/C32H34FN5O2/c1-3-21-9-13-26(14-10-21)37-20-38-30(34)17-29(35-2)27-8-6-4-5-7-23-15-24(22-11-12-22)16-28(33)31(23)32(40)36-18-25(27)19-39/h4-10,13-18,22,37,39H,2-3,11-12,19-20H2,1H3,(H2,34,38)(H,36,40)/b29-17-. The van der Waals surface area contributed by atoms with Crippen LogP contribution < -0.4 is 16.4 Å². The average molecular weight is 540 g/mol. The zero-order valence-electron chi connectivity index (χ0n) is 22.5. The van der Waals surface area contributed by atoms with E-state index in [1.54, 1.807) is 30.4 Å². The maximum absolute atomic E-state index is 15.1. The molecule has 1 aliphatic carbocycles. The third kappa shape index (κ3) is 7.30. The maximum atomic E-state index is 15.1. The van der Waals surface area contributed by atoms with Crippen molar-refractivity contribution in [2.45, 2.75) is 32.1 Å². The number of amidine groups is 1. The van der Waals surface area contributed by atoms with E-state index in [-0.39, 0.29) is 18.1 Å². The maximum Gasteiger partial charge on any atom is 0.258 e. The first-order chi connectivity index (χ1) is 19.4. The number of rotatable bonds is 9. The number of aryl methyl sites for hydroxylation is 1. The molecule has 206 valence electrons. The Labute approximate surface area is 234 Å². The van der Waals surface area contributed by atoms with Crippen LogP contribution in [0.3, 0.4) is 0 Å². The van der Waals surface area contributed by atoms with Crippen LogP contribution in [0.4, 0.5) is 10.1 Å². The second-order valence-electron chi connectivity index (χ2n) is 9.52. The summed E-state index contributed by atoms with van der Waals surface area (Å²) >= 11 is 0. The van der Waals surface area contributed by atoms with Crippen molar-refractivity contribution >= 4 is 30.2 Å². The van der Waals surface area contributed by atoms with E-state index in [1.165, 1.54) is 23.9 Å². The summed E-state index contributed by atoms with van der Waals surface area (Å²) in [5, 5.41) is 16.0. The molecule has 7 nitrogen and oxygen atoms in total. The van der Waals surface area contributed by atoms with E-state index in [4.69, 9.17) is 5.73 Å². The fourth-order valence-corrected chi connectivity index (χ4v) is 4.31. The van der Waals surface area contributed by atoms with Crippen LogP contribution in [-0.4, -0.2) is 36.8 Å². The van der Waals surface area contributed by atoms with Crippen molar-refractivity contribution < 1.29 is 14.3 Å². The van der Waals surface area contributed by atoms with Gasteiger partial charge in [0.05, 0.1) is 17.9 Å². The van der Waals surface area contributed by atoms with Crippen molar-refractivity contribution in [2.75, 3.05) is 18.6 Å². The van der Waals surface area contributed by atoms with Crippen LogP contribution in [-0.2, 0) is 6.42 Å². The normalized spacial score (nSPS) is 20.4. The molecule has 0 atom stereocenters. The Balaban J connectivity index is 1.59. The molecule has 0 aromatic heterocycles. The van der Waals surface area contributed by atoms with E-state index in [2.05, 4.69) is 34.3 Å². The molecule has 2 aromatic carbocycles. The molecule has 0 spiro atoms. The lowest BCUT2D eigenvalue weighted by Gasteiger charge is -2.13. The van der Waals surface area contributed by atoms with Gasteiger partial charge < -0.3 is 21.5 Å². The highest BCUT2D eigenvalue weighted by atomic mass is 19.1. The smallest absolute Gasteiger partial charge is 0.258 e. The van der Waals surface area contributed by atoms with Crippen molar-refractivity contribution in [3.8, 4) is 0 Å². The van der Waals surface area contributed by atoms with E-state index in [0.29, 0.717) is 28.3 Å². The number of halogens is 1. The number of hydrogen-bond acceptors (Lipinski definition) is 5. The van der Waals surface area contributed by atoms with Crippen LogP contribution in [0.25, 0.3) is 6.08 Å². The van der Waals surface area contributed by atoms with Gasteiger partial charge in [-0.25, -0.2) is 9.38 Å². The first kappa shape index (κ1) is 28.4. The molecule has 0 bridgehead atoms. The number of hydrogen-bond donors (Lipinski definition) is 4. The van der Waals surface area contributed by atoms with Gasteiger partial charge in [-0.15, -0.1) is 0 Å². The number of fused-ring (bicyclic) bond motifs is 1. The predicted octanol–water partition coefficient (Wildman–Crippen LogP) is 5.39. The second-order valence-corrected chi connectivity index (χ2v) is 9.52. The minimum absolute atomic E-state index is 0.0560. The van der Waals surface area contributed by atoms with Gasteiger partial charge in [0, 0.05) is 29.1 Å². The third-order valence-corrected chi connectivity index (χ3v) is 6.71. The number of aliphatic imine (C=N–C) groups is 2. The summed E-state index contributed by atoms with van der Waals surface area (Å²) in [6, 6.07) is 11.4. The molecule has 5 N–H and O–H groups in total. The van der Waals surface area contributed by atoms with Crippen molar-refractivity contribution in [1.29, 1.82) is 0 Å². The van der Waals surface area contributed by atoms with E-state index in [9.17, 15) is 9.90 Å². The van der Waals surface area contributed by atoms with Crippen LogP contribution in [0.1, 0.15) is 52.7 Å². The Morgan fingerprint density at radius 1 is 1.23 bits per heavy atom. The molecule has 4 rings (SSSR count). The molecular formula is C32H34FN5O2. The van der Waals surface area contributed by atoms with Gasteiger partial charge in [-0.05, 0) is 66.8 Å². The molecule has 0 unspecified atom stereocenters. The number of anilines is 1. The van der Waals surface area contributed by atoms with Gasteiger partial charge in [-0.1, -0.05) is 55.5 Å². The number of benzene rings is 2. The molecule has 2 aromatic rings. The largest absolute Gasteiger partial charge is 0.392 e. The summed E-state index contributed by atoms with van der Waals surface area (Å²) in [6.07, 6.45) is 14.6. The molecule has 1 fully saturated rings. The fourth-order valence-electron chi connectivity index (χ4n) is 4.31. The molecule has 1 amide bonds. The van der Waals surface area contributed by atoms with Gasteiger partial charge >= 0.3 is 0 Å². The summed E-state index contributed by atoms with van der Waals surface area (Å²) in [5.41, 5.74) is 10.8. The first-order valence-corrected chi connectivity index (χ1v) is 13.2. The lowest BCUT2D eigenvalue weighted by molar-refractivity contribution is 0.0965. The van der Waals surface area contributed by atoms with E-state index in [1.807, 2.05) is 30.3 Å².